The molecule has 1 aliphatic heterocycles. The van der Waals surface area contributed by atoms with Crippen LogP contribution in [-0.2, 0) is 9.59 Å². The zero-order chi connectivity index (χ0) is 15.2. The number of benzene rings is 1. The highest BCUT2D eigenvalue weighted by Gasteiger charge is 2.14. The van der Waals surface area contributed by atoms with Crippen LogP contribution in [0.3, 0.4) is 0 Å². The van der Waals surface area contributed by atoms with E-state index in [0.29, 0.717) is 38.2 Å². The number of nitrogens with zero attached hydrogens (tertiary/aromatic N) is 1. The van der Waals surface area contributed by atoms with Crippen LogP contribution in [0.4, 0.5) is 11.4 Å². The number of rotatable bonds is 4. The summed E-state index contributed by atoms with van der Waals surface area (Å²) in [6.07, 6.45) is 0.901. The van der Waals surface area contributed by atoms with E-state index >= 15 is 0 Å². The molecule has 0 spiro atoms. The molecule has 0 unspecified atom stereocenters. The zero-order valence-corrected chi connectivity index (χ0v) is 12.3. The Labute approximate surface area is 124 Å². The van der Waals surface area contributed by atoms with E-state index in [1.807, 2.05) is 25.1 Å². The summed E-state index contributed by atoms with van der Waals surface area (Å²) in [4.78, 5) is 25.4. The van der Waals surface area contributed by atoms with E-state index in [0.717, 1.165) is 17.8 Å². The van der Waals surface area contributed by atoms with Crippen LogP contribution in [0.5, 0.6) is 0 Å². The van der Waals surface area contributed by atoms with E-state index in [2.05, 4.69) is 15.5 Å². The molecule has 21 heavy (non-hydrogen) atoms. The summed E-state index contributed by atoms with van der Waals surface area (Å²) in [6.45, 7) is 4.68. The summed E-state index contributed by atoms with van der Waals surface area (Å²) in [5.74, 6) is 0.0459. The third-order valence-corrected chi connectivity index (χ3v) is 3.71. The molecule has 0 saturated carbocycles. The average molecular weight is 290 g/mol. The molecular formula is C15H22N4O2. The van der Waals surface area contributed by atoms with Crippen LogP contribution in [0.25, 0.3) is 0 Å². The number of carbonyl (C=O) groups excluding carboxylic acids is 2. The van der Waals surface area contributed by atoms with Gasteiger partial charge in [-0.3, -0.25) is 9.59 Å². The molecule has 6 heteroatoms. The van der Waals surface area contributed by atoms with E-state index in [1.54, 1.807) is 0 Å². The Balaban J connectivity index is 1.82. The molecule has 1 aliphatic rings. The molecule has 2 rings (SSSR count). The summed E-state index contributed by atoms with van der Waals surface area (Å²) < 4.78 is 0. The molecule has 0 radical (unpaired) electrons. The molecule has 2 amide bonds. The Morgan fingerprint density at radius 1 is 1.43 bits per heavy atom. The normalized spacial score (nSPS) is 16.1. The standard InChI is InChI=1S/C15H22N4O2/c1-11-12(16)3-2-4-13(11)18-15(21)6-9-19-8-5-14(20)17-7-10-19/h2-4H,5-10,16H2,1H3,(H,17,20)(H,18,21). The van der Waals surface area contributed by atoms with Gasteiger partial charge in [0.05, 0.1) is 0 Å². The predicted octanol–water partition coefficient (Wildman–Crippen LogP) is 0.728. The summed E-state index contributed by atoms with van der Waals surface area (Å²) in [6, 6.07) is 5.48. The van der Waals surface area contributed by atoms with Gasteiger partial charge >= 0.3 is 0 Å². The molecule has 114 valence electrons. The Morgan fingerprint density at radius 2 is 2.24 bits per heavy atom. The number of amides is 2. The fourth-order valence-corrected chi connectivity index (χ4v) is 2.30. The van der Waals surface area contributed by atoms with Crippen LogP contribution in [0.15, 0.2) is 18.2 Å². The quantitative estimate of drug-likeness (QED) is 0.713. The minimum Gasteiger partial charge on any atom is -0.398 e. The first-order valence-electron chi connectivity index (χ1n) is 7.20. The molecule has 0 atom stereocenters. The largest absolute Gasteiger partial charge is 0.398 e. The van der Waals surface area contributed by atoms with E-state index < -0.39 is 0 Å². The van der Waals surface area contributed by atoms with E-state index in [4.69, 9.17) is 5.73 Å². The van der Waals surface area contributed by atoms with Gasteiger partial charge in [0.25, 0.3) is 0 Å². The summed E-state index contributed by atoms with van der Waals surface area (Å²) in [5, 5.41) is 5.71. The highest BCUT2D eigenvalue weighted by molar-refractivity contribution is 5.92. The Bertz CT molecular complexity index is 530. The summed E-state index contributed by atoms with van der Waals surface area (Å²) in [7, 11) is 0. The zero-order valence-electron chi connectivity index (χ0n) is 12.3. The van der Waals surface area contributed by atoms with Crippen LogP contribution in [0.1, 0.15) is 18.4 Å². The molecule has 4 N–H and O–H groups in total. The van der Waals surface area contributed by atoms with Crippen LogP contribution in [0.2, 0.25) is 0 Å². The lowest BCUT2D eigenvalue weighted by molar-refractivity contribution is -0.120. The third kappa shape index (κ3) is 4.46. The van der Waals surface area contributed by atoms with Crippen molar-refractivity contribution in [3.8, 4) is 0 Å². The van der Waals surface area contributed by atoms with Gasteiger partial charge in [-0.25, -0.2) is 0 Å². The lowest BCUT2D eigenvalue weighted by Gasteiger charge is -2.18. The Morgan fingerprint density at radius 3 is 3.05 bits per heavy atom. The third-order valence-electron chi connectivity index (χ3n) is 3.71. The van der Waals surface area contributed by atoms with Gasteiger partial charge in [-0.1, -0.05) is 6.07 Å². The van der Waals surface area contributed by atoms with Crippen LogP contribution in [-0.4, -0.2) is 42.9 Å². The highest BCUT2D eigenvalue weighted by Crippen LogP contribution is 2.20. The first kappa shape index (κ1) is 15.3. The van der Waals surface area contributed by atoms with Gasteiger partial charge in [-0.15, -0.1) is 0 Å². The van der Waals surface area contributed by atoms with Crippen molar-refractivity contribution in [3.63, 3.8) is 0 Å². The monoisotopic (exact) mass is 290 g/mol. The molecule has 1 saturated heterocycles. The van der Waals surface area contributed by atoms with E-state index in [-0.39, 0.29) is 11.8 Å². The molecule has 1 aromatic carbocycles. The van der Waals surface area contributed by atoms with Crippen molar-refractivity contribution >= 4 is 23.2 Å². The topological polar surface area (TPSA) is 87.5 Å². The maximum Gasteiger partial charge on any atom is 0.225 e. The number of nitrogens with two attached hydrogens (primary N) is 1. The van der Waals surface area contributed by atoms with E-state index in [1.165, 1.54) is 0 Å². The van der Waals surface area contributed by atoms with Crippen molar-refractivity contribution in [1.29, 1.82) is 0 Å². The van der Waals surface area contributed by atoms with Crippen molar-refractivity contribution in [1.82, 2.24) is 10.2 Å². The number of hydrogen-bond acceptors (Lipinski definition) is 4. The summed E-state index contributed by atoms with van der Waals surface area (Å²) >= 11 is 0. The first-order valence-corrected chi connectivity index (χ1v) is 7.20. The number of carbonyl (C=O) groups is 2. The van der Waals surface area contributed by atoms with Gasteiger partial charge in [-0.05, 0) is 24.6 Å². The minimum atomic E-state index is -0.0350. The van der Waals surface area contributed by atoms with Crippen molar-refractivity contribution in [3.05, 3.63) is 23.8 Å². The number of hydrogen-bond donors (Lipinski definition) is 3. The second-order valence-electron chi connectivity index (χ2n) is 5.26. The molecule has 1 fully saturated rings. The second-order valence-corrected chi connectivity index (χ2v) is 5.26. The number of nitrogen functional groups attached to an aromatic ring is 1. The molecule has 0 aliphatic carbocycles. The SMILES string of the molecule is Cc1c(N)cccc1NC(=O)CCN1CCNC(=O)CC1. The number of anilines is 2. The Hall–Kier alpha value is -2.08. The lowest BCUT2D eigenvalue weighted by Crippen LogP contribution is -2.31. The molecule has 1 aromatic rings. The van der Waals surface area contributed by atoms with Crippen molar-refractivity contribution in [2.75, 3.05) is 37.2 Å². The molecule has 0 aromatic heterocycles. The molecule has 6 nitrogen and oxygen atoms in total. The maximum absolute atomic E-state index is 12.0. The molecule has 0 bridgehead atoms. The Kier molecular flexibility index (Phi) is 5.16. The maximum atomic E-state index is 12.0. The molecule has 1 heterocycles. The average Bonchev–Trinajstić information content (AvgIpc) is 2.66. The van der Waals surface area contributed by atoms with Gasteiger partial charge in [0.2, 0.25) is 11.8 Å². The van der Waals surface area contributed by atoms with Crippen molar-refractivity contribution in [2.45, 2.75) is 19.8 Å². The lowest BCUT2D eigenvalue weighted by atomic mass is 10.1. The van der Waals surface area contributed by atoms with Gasteiger partial charge < -0.3 is 21.3 Å². The fourth-order valence-electron chi connectivity index (χ4n) is 2.30. The minimum absolute atomic E-state index is 0.0350. The fraction of sp³-hybridized carbons (Fsp3) is 0.467. The highest BCUT2D eigenvalue weighted by atomic mass is 16.2. The molecular weight excluding hydrogens is 268 g/mol. The smallest absolute Gasteiger partial charge is 0.225 e. The first-order chi connectivity index (χ1) is 10.1. The van der Waals surface area contributed by atoms with Crippen LogP contribution in [0, 0.1) is 6.92 Å². The summed E-state index contributed by atoms with van der Waals surface area (Å²) in [5.41, 5.74) is 8.13. The van der Waals surface area contributed by atoms with Crippen molar-refractivity contribution < 1.29 is 9.59 Å². The second kappa shape index (κ2) is 7.08. The van der Waals surface area contributed by atoms with Gasteiger partial charge in [0.15, 0.2) is 0 Å². The van der Waals surface area contributed by atoms with E-state index in [9.17, 15) is 9.59 Å². The predicted molar refractivity (Wildman–Crippen MR) is 82.9 cm³/mol. The van der Waals surface area contributed by atoms with Crippen LogP contribution < -0.4 is 16.4 Å². The van der Waals surface area contributed by atoms with Gasteiger partial charge in [0.1, 0.15) is 0 Å². The number of nitrogens with one attached hydrogen (secondary N) is 2. The van der Waals surface area contributed by atoms with Crippen molar-refractivity contribution in [2.24, 2.45) is 0 Å². The van der Waals surface area contributed by atoms with Gasteiger partial charge in [0, 0.05) is 50.4 Å². The van der Waals surface area contributed by atoms with Crippen LogP contribution >= 0.6 is 0 Å². The van der Waals surface area contributed by atoms with Gasteiger partial charge in [-0.2, -0.15) is 0 Å².